The summed E-state index contributed by atoms with van der Waals surface area (Å²) >= 11 is 0. The molecular weight excluding hydrogens is 599 g/mol. The summed E-state index contributed by atoms with van der Waals surface area (Å²) in [6.07, 6.45) is 31.2. The second kappa shape index (κ2) is 34.1. The Kier molecular flexibility index (Phi) is 41.3. The highest BCUT2D eigenvalue weighted by molar-refractivity contribution is 4.48. The molecule has 0 heterocycles. The molecule has 0 spiro atoms. The first kappa shape index (κ1) is 45.9. The molecule has 0 aromatic rings. The maximum absolute atomic E-state index is 2.41. The summed E-state index contributed by atoms with van der Waals surface area (Å²) in [6, 6.07) is 0. The molecule has 0 bridgehead atoms. The molecule has 0 unspecified atom stereocenters. The Labute approximate surface area is 267 Å². The van der Waals surface area contributed by atoms with Crippen LogP contribution in [0.4, 0.5) is 0 Å². The van der Waals surface area contributed by atoms with Crippen LogP contribution in [0.2, 0.25) is 0 Å². The molecule has 0 saturated carbocycles. The SMILES string of the molecule is CCCCCCCC[N+](C)(C)CCCCCCCC.CCCCCCC[N+](C)(C)CCCCCCC.[Cl-].[I-]. The molecule has 0 amide bonds. The van der Waals surface area contributed by atoms with E-state index >= 15 is 0 Å². The van der Waals surface area contributed by atoms with Crippen molar-refractivity contribution in [2.24, 2.45) is 0 Å². The first-order valence-corrected chi connectivity index (χ1v) is 16.9. The molecule has 236 valence electrons. The van der Waals surface area contributed by atoms with E-state index in [4.69, 9.17) is 0 Å². The molecule has 0 aliphatic carbocycles. The minimum Gasteiger partial charge on any atom is -1.00 e. The van der Waals surface area contributed by atoms with Crippen molar-refractivity contribution < 1.29 is 45.3 Å². The van der Waals surface area contributed by atoms with Gasteiger partial charge in [0.25, 0.3) is 0 Å². The maximum atomic E-state index is 2.41. The van der Waals surface area contributed by atoms with Crippen LogP contribution >= 0.6 is 0 Å². The van der Waals surface area contributed by atoms with Gasteiger partial charge in [-0.05, 0) is 51.4 Å². The van der Waals surface area contributed by atoms with Crippen LogP contribution in [-0.2, 0) is 0 Å². The molecule has 0 rings (SSSR count). The molecule has 2 nitrogen and oxygen atoms in total. The van der Waals surface area contributed by atoms with Gasteiger partial charge in [0, 0.05) is 0 Å². The van der Waals surface area contributed by atoms with Crippen molar-refractivity contribution in [2.45, 2.75) is 169 Å². The summed E-state index contributed by atoms with van der Waals surface area (Å²) in [4.78, 5) is 0. The Morgan fingerprint density at radius 3 is 0.632 bits per heavy atom. The third kappa shape index (κ3) is 39.1. The smallest absolute Gasteiger partial charge is 0.0782 e. The Bertz CT molecular complexity index is 381. The molecule has 0 aromatic carbocycles. The third-order valence-electron chi connectivity index (χ3n) is 7.97. The first-order chi connectivity index (χ1) is 17.2. The number of unbranched alkanes of at least 4 members (excludes halogenated alkanes) is 18. The van der Waals surface area contributed by atoms with Gasteiger partial charge in [0.05, 0.1) is 54.4 Å². The largest absolute Gasteiger partial charge is 1.00 e. The summed E-state index contributed by atoms with van der Waals surface area (Å²) in [5, 5.41) is 0. The van der Waals surface area contributed by atoms with Gasteiger partial charge in [-0.3, -0.25) is 0 Å². The van der Waals surface area contributed by atoms with E-state index in [0.717, 1.165) is 0 Å². The quantitative estimate of drug-likeness (QED) is 0.0704. The van der Waals surface area contributed by atoms with Crippen LogP contribution in [0.15, 0.2) is 0 Å². The van der Waals surface area contributed by atoms with E-state index in [-0.39, 0.29) is 36.4 Å². The minimum atomic E-state index is 0. The number of rotatable bonds is 26. The molecule has 0 fully saturated rings. The number of halogens is 2. The van der Waals surface area contributed by atoms with Gasteiger partial charge in [0.1, 0.15) is 0 Å². The highest BCUT2D eigenvalue weighted by Gasteiger charge is 2.14. The summed E-state index contributed by atoms with van der Waals surface area (Å²) in [5.74, 6) is 0. The van der Waals surface area contributed by atoms with Crippen molar-refractivity contribution in [2.75, 3.05) is 54.4 Å². The van der Waals surface area contributed by atoms with Gasteiger partial charge >= 0.3 is 0 Å². The third-order valence-corrected chi connectivity index (χ3v) is 7.97. The summed E-state index contributed by atoms with van der Waals surface area (Å²) in [7, 11) is 9.63. The summed E-state index contributed by atoms with van der Waals surface area (Å²) in [6.45, 7) is 14.7. The van der Waals surface area contributed by atoms with Crippen LogP contribution in [0.3, 0.4) is 0 Å². The average molecular weight is 675 g/mol. The monoisotopic (exact) mass is 674 g/mol. The number of nitrogens with zero attached hydrogens (tertiary/aromatic N) is 2. The van der Waals surface area contributed by atoms with E-state index < -0.39 is 0 Å². The molecule has 0 aliphatic heterocycles. The van der Waals surface area contributed by atoms with E-state index in [2.05, 4.69) is 55.9 Å². The zero-order valence-corrected chi connectivity index (χ0v) is 30.9. The van der Waals surface area contributed by atoms with Crippen molar-refractivity contribution >= 4 is 0 Å². The lowest BCUT2D eigenvalue weighted by Crippen LogP contribution is -3.00. The van der Waals surface area contributed by atoms with Crippen LogP contribution in [0, 0.1) is 0 Å². The molecule has 0 aromatic heterocycles. The fraction of sp³-hybridized carbons (Fsp3) is 1.00. The standard InChI is InChI=1S/C18H40N.C16H36N.ClH.HI/c1-5-7-9-11-13-15-17-19(3,4)18-16-14-12-10-8-6-2;1-5-7-9-11-13-15-17(3,4)16-14-12-10-8-6-2;;/h5-18H2,1-4H3;5-16H2,1-4H3;2*1H/q2*+1;;/p-2. The van der Waals surface area contributed by atoms with E-state index in [1.54, 1.807) is 0 Å². The van der Waals surface area contributed by atoms with Gasteiger partial charge in [-0.2, -0.15) is 0 Å². The molecule has 0 radical (unpaired) electrons. The molecule has 0 N–H and O–H groups in total. The highest BCUT2D eigenvalue weighted by Crippen LogP contribution is 2.12. The van der Waals surface area contributed by atoms with Gasteiger partial charge < -0.3 is 45.3 Å². The minimum absolute atomic E-state index is 0. The Morgan fingerprint density at radius 1 is 0.289 bits per heavy atom. The Morgan fingerprint density at radius 2 is 0.447 bits per heavy atom. The second-order valence-corrected chi connectivity index (χ2v) is 13.1. The second-order valence-electron chi connectivity index (χ2n) is 13.1. The highest BCUT2D eigenvalue weighted by atomic mass is 127. The van der Waals surface area contributed by atoms with E-state index in [1.807, 2.05) is 0 Å². The van der Waals surface area contributed by atoms with Crippen LogP contribution < -0.4 is 36.4 Å². The van der Waals surface area contributed by atoms with Crippen LogP contribution in [0.5, 0.6) is 0 Å². The predicted molar refractivity (Wildman–Crippen MR) is 168 cm³/mol. The first-order valence-electron chi connectivity index (χ1n) is 16.9. The normalized spacial score (nSPS) is 11.4. The molecular formula is C34H76ClIN2. The van der Waals surface area contributed by atoms with Crippen molar-refractivity contribution in [1.82, 2.24) is 0 Å². The van der Waals surface area contributed by atoms with Gasteiger partial charge in [0.2, 0.25) is 0 Å². The molecule has 4 heteroatoms. The molecule has 38 heavy (non-hydrogen) atoms. The number of quaternary nitrogens is 2. The van der Waals surface area contributed by atoms with Gasteiger partial charge in [-0.15, -0.1) is 0 Å². The van der Waals surface area contributed by atoms with E-state index in [1.165, 1.54) is 176 Å². The lowest BCUT2D eigenvalue weighted by Gasteiger charge is -2.30. The van der Waals surface area contributed by atoms with Crippen LogP contribution in [-0.4, -0.2) is 63.3 Å². The summed E-state index contributed by atoms with van der Waals surface area (Å²) < 4.78 is 2.47. The van der Waals surface area contributed by atoms with Crippen molar-refractivity contribution in [3.05, 3.63) is 0 Å². The predicted octanol–water partition coefficient (Wildman–Crippen LogP) is 4.80. The zero-order valence-electron chi connectivity index (χ0n) is 28.0. The molecule has 0 aliphatic rings. The van der Waals surface area contributed by atoms with Crippen molar-refractivity contribution in [1.29, 1.82) is 0 Å². The fourth-order valence-electron chi connectivity index (χ4n) is 5.15. The fourth-order valence-corrected chi connectivity index (χ4v) is 5.15. The number of hydrogen-bond donors (Lipinski definition) is 0. The topological polar surface area (TPSA) is 0 Å². The van der Waals surface area contributed by atoms with Crippen LogP contribution in [0.25, 0.3) is 0 Å². The van der Waals surface area contributed by atoms with Crippen molar-refractivity contribution in [3.8, 4) is 0 Å². The van der Waals surface area contributed by atoms with Crippen LogP contribution in [0.1, 0.15) is 169 Å². The van der Waals surface area contributed by atoms with Gasteiger partial charge in [-0.25, -0.2) is 0 Å². The lowest BCUT2D eigenvalue weighted by molar-refractivity contribution is -0.890. The lowest BCUT2D eigenvalue weighted by atomic mass is 10.1. The van der Waals surface area contributed by atoms with Crippen molar-refractivity contribution in [3.63, 3.8) is 0 Å². The Hall–Kier alpha value is 0.940. The van der Waals surface area contributed by atoms with E-state index in [0.29, 0.717) is 0 Å². The van der Waals surface area contributed by atoms with Gasteiger partial charge in [0.15, 0.2) is 0 Å². The molecule has 0 saturated heterocycles. The summed E-state index contributed by atoms with van der Waals surface area (Å²) in [5.41, 5.74) is 0. The Balaban J connectivity index is -0.000000291. The molecule has 0 atom stereocenters. The maximum Gasteiger partial charge on any atom is 0.0782 e. The van der Waals surface area contributed by atoms with E-state index in [9.17, 15) is 0 Å². The number of hydrogen-bond acceptors (Lipinski definition) is 0. The zero-order chi connectivity index (χ0) is 27.4. The van der Waals surface area contributed by atoms with Gasteiger partial charge in [-0.1, -0.05) is 118 Å². The average Bonchev–Trinajstić information content (AvgIpc) is 2.83.